The van der Waals surface area contributed by atoms with Gasteiger partial charge in [-0.05, 0) is 31.1 Å². The first-order chi connectivity index (χ1) is 26.8. The Morgan fingerprint density at radius 2 is 0.370 bits per heavy atom. The Hall–Kier alpha value is -6.47. The number of hydrogen-bond acceptors (Lipinski definition) is 2. The molecule has 258 valence electrons. The highest BCUT2D eigenvalue weighted by Crippen LogP contribution is 2.44. The maximum Gasteiger partial charge on any atom is 0.346 e. The van der Waals surface area contributed by atoms with Crippen LogP contribution in [-0.4, -0.2) is 16.6 Å². The van der Waals surface area contributed by atoms with Gasteiger partial charge in [0.2, 0.25) is 0 Å². The summed E-state index contributed by atoms with van der Waals surface area (Å²) in [6, 6.07) is 82.0. The van der Waals surface area contributed by atoms with E-state index in [4.69, 9.17) is 8.85 Å². The third-order valence-corrected chi connectivity index (χ3v) is 18.3. The molecular formula is C50H38O2Si2. The summed E-state index contributed by atoms with van der Waals surface area (Å²) in [5.74, 6) is 1.73. The Morgan fingerprint density at radius 3 is 0.556 bits per heavy atom. The van der Waals surface area contributed by atoms with Crippen LogP contribution in [0.4, 0.5) is 0 Å². The van der Waals surface area contributed by atoms with Gasteiger partial charge in [-0.3, -0.25) is 0 Å². The van der Waals surface area contributed by atoms with Gasteiger partial charge in [-0.25, -0.2) is 0 Å². The first-order valence-electron chi connectivity index (χ1n) is 18.4. The molecule has 0 bridgehead atoms. The average molecular weight is 727 g/mol. The van der Waals surface area contributed by atoms with Gasteiger partial charge in [0.05, 0.1) is 0 Å². The third-order valence-electron chi connectivity index (χ3n) is 10.4. The first-order valence-corrected chi connectivity index (χ1v) is 22.3. The van der Waals surface area contributed by atoms with Gasteiger partial charge in [-0.1, -0.05) is 231 Å². The van der Waals surface area contributed by atoms with Crippen LogP contribution in [-0.2, 0) is 0 Å². The number of hydrogen-bond donors (Lipinski definition) is 0. The van der Waals surface area contributed by atoms with E-state index in [-0.39, 0.29) is 0 Å². The van der Waals surface area contributed by atoms with Gasteiger partial charge in [0.25, 0.3) is 0 Å². The van der Waals surface area contributed by atoms with Crippen LogP contribution in [0.15, 0.2) is 231 Å². The summed E-state index contributed by atoms with van der Waals surface area (Å²) in [6.07, 6.45) is 0. The Kier molecular flexibility index (Phi) is 8.97. The van der Waals surface area contributed by atoms with Gasteiger partial charge >= 0.3 is 16.6 Å². The van der Waals surface area contributed by atoms with E-state index in [1.165, 1.54) is 31.1 Å². The molecule has 9 aromatic carbocycles. The van der Waals surface area contributed by atoms with Crippen molar-refractivity contribution in [2.24, 2.45) is 0 Å². The van der Waals surface area contributed by atoms with Crippen molar-refractivity contribution < 1.29 is 8.85 Å². The summed E-state index contributed by atoms with van der Waals surface area (Å²) < 4.78 is 15.8. The van der Waals surface area contributed by atoms with Crippen molar-refractivity contribution in [2.75, 3.05) is 0 Å². The van der Waals surface area contributed by atoms with Crippen LogP contribution in [0.25, 0.3) is 21.5 Å². The lowest BCUT2D eigenvalue weighted by molar-refractivity contribution is 0.581. The quantitative estimate of drug-likeness (QED) is 0.0807. The molecule has 4 heteroatoms. The monoisotopic (exact) mass is 726 g/mol. The predicted octanol–water partition coefficient (Wildman–Crippen LogP) is 8.08. The van der Waals surface area contributed by atoms with Crippen molar-refractivity contribution in [3.8, 4) is 11.5 Å². The number of rotatable bonds is 10. The minimum atomic E-state index is -3.15. The van der Waals surface area contributed by atoms with Crippen molar-refractivity contribution in [1.29, 1.82) is 0 Å². The van der Waals surface area contributed by atoms with Gasteiger partial charge in [0.15, 0.2) is 0 Å². The highest BCUT2D eigenvalue weighted by atomic mass is 28.4. The highest BCUT2D eigenvalue weighted by Gasteiger charge is 2.46. The average Bonchev–Trinajstić information content (AvgIpc) is 3.27. The van der Waals surface area contributed by atoms with Crippen LogP contribution < -0.4 is 40.0 Å². The van der Waals surface area contributed by atoms with Crippen molar-refractivity contribution in [1.82, 2.24) is 0 Å². The van der Waals surface area contributed by atoms with Crippen LogP contribution in [0.2, 0.25) is 0 Å². The van der Waals surface area contributed by atoms with Gasteiger partial charge in [-0.2, -0.15) is 0 Å². The molecule has 0 aromatic heterocycles. The number of fused-ring (bicyclic) bond motifs is 2. The normalized spacial score (nSPS) is 11.7. The first kappa shape index (κ1) is 33.4. The maximum absolute atomic E-state index is 7.92. The molecule has 2 nitrogen and oxygen atoms in total. The molecule has 54 heavy (non-hydrogen) atoms. The van der Waals surface area contributed by atoms with Crippen LogP contribution in [0.3, 0.4) is 0 Å². The van der Waals surface area contributed by atoms with Gasteiger partial charge in [0, 0.05) is 21.5 Å². The SMILES string of the molecule is c1ccc([Si](Oc2c3ccccc3c(O[Si](c3ccccc3)(c3ccccc3)c3ccccc3)c3ccccc23)(c2ccccc2)c2ccccc2)cc1. The maximum atomic E-state index is 7.92. The molecule has 0 saturated heterocycles. The largest absolute Gasteiger partial charge is 0.529 e. The van der Waals surface area contributed by atoms with Crippen molar-refractivity contribution in [2.45, 2.75) is 0 Å². The molecule has 0 N–H and O–H groups in total. The van der Waals surface area contributed by atoms with E-state index in [0.717, 1.165) is 33.0 Å². The second-order valence-electron chi connectivity index (χ2n) is 13.5. The Morgan fingerprint density at radius 1 is 0.204 bits per heavy atom. The van der Waals surface area contributed by atoms with E-state index in [1.807, 2.05) is 0 Å². The zero-order valence-corrected chi connectivity index (χ0v) is 31.8. The Balaban J connectivity index is 1.35. The molecule has 9 aromatic rings. The third kappa shape index (κ3) is 5.73. The van der Waals surface area contributed by atoms with E-state index in [0.29, 0.717) is 0 Å². The Bertz CT molecular complexity index is 2200. The second kappa shape index (κ2) is 14.5. The predicted molar refractivity (Wildman–Crippen MR) is 231 cm³/mol. The van der Waals surface area contributed by atoms with Crippen molar-refractivity contribution in [3.63, 3.8) is 0 Å². The van der Waals surface area contributed by atoms with E-state index >= 15 is 0 Å². The summed E-state index contributed by atoms with van der Waals surface area (Å²) in [4.78, 5) is 0. The van der Waals surface area contributed by atoms with Gasteiger partial charge < -0.3 is 8.85 Å². The minimum Gasteiger partial charge on any atom is -0.529 e. The molecule has 0 atom stereocenters. The molecule has 0 aliphatic rings. The summed E-state index contributed by atoms with van der Waals surface area (Å²) in [6.45, 7) is 0. The molecule has 0 fully saturated rings. The molecule has 9 rings (SSSR count). The lowest BCUT2D eigenvalue weighted by Gasteiger charge is -2.36. The summed E-state index contributed by atoms with van der Waals surface area (Å²) in [7, 11) is -6.31. The second-order valence-corrected chi connectivity index (χ2v) is 20.1. The summed E-state index contributed by atoms with van der Waals surface area (Å²) in [5, 5.41) is 11.1. The van der Waals surface area contributed by atoms with Crippen LogP contribution in [0.5, 0.6) is 11.5 Å². The zero-order valence-electron chi connectivity index (χ0n) is 29.8. The molecule has 0 radical (unpaired) electrons. The topological polar surface area (TPSA) is 18.5 Å². The standard InChI is InChI=1S/C50H38O2Si2/c1-7-23-39(24-8-1)53(40-25-9-2-10-26-40,41-27-11-3-12-28-41)51-49-45-35-19-21-37-47(45)50(48-38-22-20-36-46(48)49)52-54(42-29-13-4-14-30-42,43-31-15-5-16-32-43)44-33-17-6-18-34-44/h1-38H. The highest BCUT2D eigenvalue weighted by molar-refractivity contribution is 7.08. The van der Waals surface area contributed by atoms with Crippen LogP contribution >= 0.6 is 0 Å². The fraction of sp³-hybridized carbons (Fsp3) is 0. The molecule has 0 amide bonds. The summed E-state index contributed by atoms with van der Waals surface area (Å²) >= 11 is 0. The molecule has 0 heterocycles. The lowest BCUT2D eigenvalue weighted by Crippen LogP contribution is -2.71. The fourth-order valence-corrected chi connectivity index (χ4v) is 15.7. The lowest BCUT2D eigenvalue weighted by atomic mass is 10.0. The van der Waals surface area contributed by atoms with Crippen LogP contribution in [0.1, 0.15) is 0 Å². The number of benzene rings is 9. The van der Waals surface area contributed by atoms with E-state index in [2.05, 4.69) is 231 Å². The Labute approximate surface area is 318 Å². The van der Waals surface area contributed by atoms with E-state index in [1.54, 1.807) is 0 Å². The molecular weight excluding hydrogens is 689 g/mol. The zero-order chi connectivity index (χ0) is 36.2. The van der Waals surface area contributed by atoms with E-state index < -0.39 is 16.6 Å². The molecule has 0 spiro atoms. The fourth-order valence-electron chi connectivity index (χ4n) is 7.97. The van der Waals surface area contributed by atoms with Gasteiger partial charge in [0.1, 0.15) is 11.5 Å². The molecule has 0 aliphatic carbocycles. The van der Waals surface area contributed by atoms with Crippen LogP contribution in [0, 0.1) is 0 Å². The molecule has 0 saturated carbocycles. The minimum absolute atomic E-state index is 0.864. The van der Waals surface area contributed by atoms with Crippen molar-refractivity contribution >= 4 is 69.3 Å². The van der Waals surface area contributed by atoms with Crippen molar-refractivity contribution in [3.05, 3.63) is 231 Å². The van der Waals surface area contributed by atoms with Gasteiger partial charge in [-0.15, -0.1) is 0 Å². The molecule has 0 unspecified atom stereocenters. The van der Waals surface area contributed by atoms with E-state index in [9.17, 15) is 0 Å². The summed E-state index contributed by atoms with van der Waals surface area (Å²) in [5.41, 5.74) is 0. The molecule has 0 aliphatic heterocycles. The smallest absolute Gasteiger partial charge is 0.346 e.